The van der Waals surface area contributed by atoms with Crippen molar-refractivity contribution in [1.82, 2.24) is 15.5 Å². The smallest absolute Gasteiger partial charge is 0.225 e. The van der Waals surface area contributed by atoms with Crippen molar-refractivity contribution < 1.29 is 9.53 Å². The van der Waals surface area contributed by atoms with Gasteiger partial charge in [-0.05, 0) is 44.6 Å². The molecule has 1 aromatic carbocycles. The van der Waals surface area contributed by atoms with Crippen LogP contribution in [0.3, 0.4) is 0 Å². The average molecular weight is 543 g/mol. The summed E-state index contributed by atoms with van der Waals surface area (Å²) in [4.78, 5) is 19.4. The van der Waals surface area contributed by atoms with E-state index in [1.165, 1.54) is 18.4 Å². The molecule has 1 saturated carbocycles. The third kappa shape index (κ3) is 8.96. The van der Waals surface area contributed by atoms with Gasteiger partial charge < -0.3 is 20.3 Å². The van der Waals surface area contributed by atoms with Crippen molar-refractivity contribution in [2.45, 2.75) is 57.9 Å². The number of nitrogens with one attached hydrogen (secondary N) is 2. The summed E-state index contributed by atoms with van der Waals surface area (Å²) in [5.74, 6) is 1.49. The largest absolute Gasteiger partial charge is 0.381 e. The van der Waals surface area contributed by atoms with Gasteiger partial charge >= 0.3 is 0 Å². The third-order valence-corrected chi connectivity index (χ3v) is 5.98. The Bertz CT molecular complexity index is 665. The molecule has 0 spiro atoms. The zero-order valence-electron chi connectivity index (χ0n) is 18.9. The third-order valence-electron chi connectivity index (χ3n) is 5.98. The van der Waals surface area contributed by atoms with E-state index in [0.29, 0.717) is 5.91 Å². The van der Waals surface area contributed by atoms with Crippen LogP contribution in [0.4, 0.5) is 0 Å². The molecule has 1 atom stereocenters. The van der Waals surface area contributed by atoms with Gasteiger partial charge in [0.2, 0.25) is 5.91 Å². The van der Waals surface area contributed by atoms with E-state index in [0.717, 1.165) is 77.5 Å². The van der Waals surface area contributed by atoms with Crippen LogP contribution in [0.15, 0.2) is 35.3 Å². The zero-order valence-corrected chi connectivity index (χ0v) is 21.2. The average Bonchev–Trinajstić information content (AvgIpc) is 3.46. The summed E-state index contributed by atoms with van der Waals surface area (Å²) in [7, 11) is 0. The summed E-state index contributed by atoms with van der Waals surface area (Å²) >= 11 is 0. The maximum atomic E-state index is 12.6. The van der Waals surface area contributed by atoms with E-state index in [1.807, 2.05) is 6.07 Å². The Morgan fingerprint density at radius 3 is 2.68 bits per heavy atom. The fourth-order valence-electron chi connectivity index (χ4n) is 4.32. The number of rotatable bonds is 10. The molecular weight excluding hydrogens is 503 g/mol. The summed E-state index contributed by atoms with van der Waals surface area (Å²) in [5, 5.41) is 6.85. The fourth-order valence-corrected chi connectivity index (χ4v) is 4.32. The number of carbonyl (C=O) groups is 1. The number of aliphatic imine (C=N–C) groups is 1. The van der Waals surface area contributed by atoms with E-state index in [-0.39, 0.29) is 35.9 Å². The number of hydrogen-bond acceptors (Lipinski definition) is 3. The Morgan fingerprint density at radius 1 is 1.16 bits per heavy atom. The Labute approximate surface area is 204 Å². The van der Waals surface area contributed by atoms with Crippen molar-refractivity contribution in [3.05, 3.63) is 35.9 Å². The van der Waals surface area contributed by atoms with Gasteiger partial charge in [-0.15, -0.1) is 24.0 Å². The molecule has 1 aliphatic heterocycles. The van der Waals surface area contributed by atoms with Crippen LogP contribution < -0.4 is 10.6 Å². The van der Waals surface area contributed by atoms with E-state index in [1.54, 1.807) is 0 Å². The van der Waals surface area contributed by atoms with Crippen LogP contribution in [-0.2, 0) is 16.0 Å². The second-order valence-corrected chi connectivity index (χ2v) is 8.36. The van der Waals surface area contributed by atoms with E-state index in [4.69, 9.17) is 9.73 Å². The minimum atomic E-state index is 0. The van der Waals surface area contributed by atoms with Crippen LogP contribution in [0, 0.1) is 5.92 Å². The van der Waals surface area contributed by atoms with Gasteiger partial charge in [-0.2, -0.15) is 0 Å². The van der Waals surface area contributed by atoms with Gasteiger partial charge in [0.1, 0.15) is 0 Å². The molecule has 174 valence electrons. The molecule has 2 N–H and O–H groups in total. The molecule has 0 radical (unpaired) electrons. The molecule has 1 aromatic rings. The number of halogens is 1. The zero-order chi connectivity index (χ0) is 21.0. The molecule has 0 bridgehead atoms. The van der Waals surface area contributed by atoms with E-state index >= 15 is 0 Å². The molecule has 1 saturated heterocycles. The minimum absolute atomic E-state index is 0. The summed E-state index contributed by atoms with van der Waals surface area (Å²) in [6.45, 7) is 6.77. The van der Waals surface area contributed by atoms with Gasteiger partial charge in [0.25, 0.3) is 0 Å². The van der Waals surface area contributed by atoms with Crippen molar-refractivity contribution in [3.8, 4) is 0 Å². The summed E-state index contributed by atoms with van der Waals surface area (Å²) in [6, 6.07) is 10.7. The molecule has 1 amide bonds. The summed E-state index contributed by atoms with van der Waals surface area (Å²) in [5.41, 5.74) is 1.31. The first kappa shape index (κ1) is 25.9. The Morgan fingerprint density at radius 2 is 1.94 bits per heavy atom. The topological polar surface area (TPSA) is 66.0 Å². The molecule has 3 rings (SSSR count). The molecule has 2 aliphatic rings. The maximum absolute atomic E-state index is 12.6. The lowest BCUT2D eigenvalue weighted by atomic mass is 10.1. The van der Waals surface area contributed by atoms with E-state index < -0.39 is 0 Å². The molecule has 7 heteroatoms. The van der Waals surface area contributed by atoms with Crippen molar-refractivity contribution >= 4 is 35.8 Å². The monoisotopic (exact) mass is 542 g/mol. The standard InChI is InChI=1S/C24H38N4O2.HI/c1-2-25-24(26-15-8-17-30-18-14-20-9-4-3-5-10-20)27-22-13-16-28(19-22)23(29)21-11-6-7-12-21;/h3-5,9-10,21-22H,2,6-8,11-19H2,1H3,(H2,25,26,27);1H. The number of nitrogens with zero attached hydrogens (tertiary/aromatic N) is 2. The molecule has 31 heavy (non-hydrogen) atoms. The Kier molecular flexibility index (Phi) is 12.3. The van der Waals surface area contributed by atoms with E-state index in [9.17, 15) is 4.79 Å². The molecule has 0 aromatic heterocycles. The molecule has 2 fully saturated rings. The van der Waals surface area contributed by atoms with Crippen molar-refractivity contribution in [1.29, 1.82) is 0 Å². The van der Waals surface area contributed by atoms with Crippen molar-refractivity contribution in [3.63, 3.8) is 0 Å². The first-order valence-corrected chi connectivity index (χ1v) is 11.7. The number of likely N-dealkylation sites (tertiary alicyclic amines) is 1. The molecular formula is C24H39IN4O2. The lowest BCUT2D eigenvalue weighted by Gasteiger charge is -2.21. The van der Waals surface area contributed by atoms with Gasteiger partial charge in [-0.25, -0.2) is 0 Å². The van der Waals surface area contributed by atoms with Crippen molar-refractivity contribution in [2.24, 2.45) is 10.9 Å². The van der Waals surface area contributed by atoms with Crippen molar-refractivity contribution in [2.75, 3.05) is 39.4 Å². The van der Waals surface area contributed by atoms with Gasteiger partial charge in [0.15, 0.2) is 5.96 Å². The number of amides is 1. The highest BCUT2D eigenvalue weighted by Gasteiger charge is 2.32. The predicted molar refractivity (Wildman–Crippen MR) is 137 cm³/mol. The maximum Gasteiger partial charge on any atom is 0.225 e. The molecule has 1 heterocycles. The van der Waals surface area contributed by atoms with Crippen LogP contribution in [-0.4, -0.2) is 62.2 Å². The van der Waals surface area contributed by atoms with Crippen LogP contribution in [0.5, 0.6) is 0 Å². The second-order valence-electron chi connectivity index (χ2n) is 8.36. The number of ether oxygens (including phenoxy) is 1. The minimum Gasteiger partial charge on any atom is -0.381 e. The lowest BCUT2D eigenvalue weighted by Crippen LogP contribution is -2.45. The first-order valence-electron chi connectivity index (χ1n) is 11.7. The predicted octanol–water partition coefficient (Wildman–Crippen LogP) is 3.60. The first-order chi connectivity index (χ1) is 14.8. The van der Waals surface area contributed by atoms with Crippen LogP contribution >= 0.6 is 24.0 Å². The highest BCUT2D eigenvalue weighted by molar-refractivity contribution is 14.0. The van der Waals surface area contributed by atoms with Crippen LogP contribution in [0.1, 0.15) is 51.0 Å². The van der Waals surface area contributed by atoms with Crippen LogP contribution in [0.2, 0.25) is 0 Å². The lowest BCUT2D eigenvalue weighted by molar-refractivity contribution is -0.134. The van der Waals surface area contributed by atoms with Gasteiger partial charge in [0.05, 0.1) is 6.61 Å². The SMILES string of the molecule is CCNC(=NCCCOCCc1ccccc1)NC1CCN(C(=O)C2CCCC2)C1.I. The van der Waals surface area contributed by atoms with Gasteiger partial charge in [-0.1, -0.05) is 43.2 Å². The summed E-state index contributed by atoms with van der Waals surface area (Å²) in [6.07, 6.45) is 7.41. The number of hydrogen-bond donors (Lipinski definition) is 2. The van der Waals surface area contributed by atoms with Gasteiger partial charge in [-0.3, -0.25) is 9.79 Å². The van der Waals surface area contributed by atoms with E-state index in [2.05, 4.69) is 46.7 Å². The van der Waals surface area contributed by atoms with Crippen LogP contribution in [0.25, 0.3) is 0 Å². The second kappa shape index (κ2) is 14.7. The number of guanidine groups is 1. The highest BCUT2D eigenvalue weighted by atomic mass is 127. The highest BCUT2D eigenvalue weighted by Crippen LogP contribution is 2.27. The normalized spacial score (nSPS) is 19.3. The number of benzene rings is 1. The summed E-state index contributed by atoms with van der Waals surface area (Å²) < 4.78 is 5.75. The number of carbonyl (C=O) groups excluding carboxylic acids is 1. The quantitative estimate of drug-likeness (QED) is 0.205. The Balaban J connectivity index is 0.00000341. The molecule has 6 nitrogen and oxygen atoms in total. The fraction of sp³-hybridized carbons (Fsp3) is 0.667. The Hall–Kier alpha value is -1.35. The molecule has 1 unspecified atom stereocenters. The van der Waals surface area contributed by atoms with Gasteiger partial charge in [0, 0.05) is 44.7 Å². The molecule has 1 aliphatic carbocycles.